The summed E-state index contributed by atoms with van der Waals surface area (Å²) in [5.74, 6) is 2.73. The number of nitrogens with one attached hydrogen (secondary N) is 1. The Morgan fingerprint density at radius 1 is 1.21 bits per heavy atom. The van der Waals surface area contributed by atoms with Gasteiger partial charge in [-0.05, 0) is 62.4 Å². The second-order valence-electron chi connectivity index (χ2n) is 8.16. The van der Waals surface area contributed by atoms with Crippen LogP contribution in [-0.2, 0) is 5.75 Å². The Hall–Kier alpha value is -2.23. The zero-order chi connectivity index (χ0) is 23.9. The molecular weight excluding hydrogens is 486 g/mol. The van der Waals surface area contributed by atoms with Crippen LogP contribution in [0.5, 0.6) is 0 Å². The van der Waals surface area contributed by atoms with Crippen molar-refractivity contribution in [3.8, 4) is 0 Å². The number of carbonyl (C=O) groups is 2. The Kier molecular flexibility index (Phi) is 8.74. The van der Waals surface area contributed by atoms with Gasteiger partial charge in [0, 0.05) is 37.0 Å². The lowest BCUT2D eigenvalue weighted by atomic mass is 9.89. The van der Waals surface area contributed by atoms with E-state index in [4.69, 9.17) is 9.40 Å². The largest absolute Gasteiger partial charge is 0.468 e. The van der Waals surface area contributed by atoms with E-state index in [0.29, 0.717) is 25.2 Å². The maximum Gasteiger partial charge on any atom is 0.263 e. The number of amides is 2. The highest BCUT2D eigenvalue weighted by Crippen LogP contribution is 2.32. The van der Waals surface area contributed by atoms with Gasteiger partial charge in [0.1, 0.15) is 5.76 Å². The first-order valence-corrected chi connectivity index (χ1v) is 14.5. The fourth-order valence-electron chi connectivity index (χ4n) is 4.04. The molecule has 3 aromatic heterocycles. The lowest BCUT2D eigenvalue weighted by Gasteiger charge is -2.32. The molecule has 1 aliphatic heterocycles. The van der Waals surface area contributed by atoms with E-state index in [1.165, 1.54) is 0 Å². The molecule has 180 valence electrons. The number of aromatic nitrogens is 1. The third-order valence-corrected chi connectivity index (χ3v) is 8.96. The average molecular weight is 516 g/mol. The number of likely N-dealkylation sites (tertiary alicyclic amines) is 1. The molecule has 34 heavy (non-hydrogen) atoms. The first-order chi connectivity index (χ1) is 16.5. The number of rotatable bonds is 9. The highest BCUT2D eigenvalue weighted by molar-refractivity contribution is 8.00. The summed E-state index contributed by atoms with van der Waals surface area (Å²) < 4.78 is 6.49. The van der Waals surface area contributed by atoms with Gasteiger partial charge in [-0.3, -0.25) is 14.6 Å². The molecule has 1 N–H and O–H groups in total. The van der Waals surface area contributed by atoms with Crippen molar-refractivity contribution in [2.75, 3.05) is 31.6 Å². The quantitative estimate of drug-likeness (QED) is 0.302. The normalized spacial score (nSPS) is 14.4. The molecule has 0 unspecified atom stereocenters. The van der Waals surface area contributed by atoms with Crippen molar-refractivity contribution in [3.05, 3.63) is 70.3 Å². The summed E-state index contributed by atoms with van der Waals surface area (Å²) in [5.41, 5.74) is 2.41. The summed E-state index contributed by atoms with van der Waals surface area (Å²) in [5, 5.41) is 3.04. The molecule has 9 heteroatoms. The SMILES string of the molecule is CSc1ccc(C(=O)N2CCC(c3nc(C)ccc3C(=O)NCCSCc3ccco3)CC2)s1. The Bertz CT molecular complexity index is 1110. The van der Waals surface area contributed by atoms with E-state index in [9.17, 15) is 9.59 Å². The van der Waals surface area contributed by atoms with E-state index in [1.54, 1.807) is 41.1 Å². The second-order valence-corrected chi connectivity index (χ2v) is 11.5. The molecule has 0 spiro atoms. The van der Waals surface area contributed by atoms with Crippen LogP contribution >= 0.6 is 34.9 Å². The van der Waals surface area contributed by atoms with Gasteiger partial charge in [0.2, 0.25) is 0 Å². The van der Waals surface area contributed by atoms with Crippen LogP contribution in [0.1, 0.15) is 55.9 Å². The number of pyridine rings is 1. The summed E-state index contributed by atoms with van der Waals surface area (Å²) >= 11 is 4.94. The van der Waals surface area contributed by atoms with Crippen LogP contribution in [0.25, 0.3) is 0 Å². The molecule has 0 radical (unpaired) electrons. The first kappa shape index (κ1) is 24.9. The number of nitrogens with zero attached hydrogens (tertiary/aromatic N) is 2. The predicted octanol–water partition coefficient (Wildman–Crippen LogP) is 5.45. The number of thioether (sulfide) groups is 2. The van der Waals surface area contributed by atoms with Gasteiger partial charge in [-0.2, -0.15) is 11.8 Å². The van der Waals surface area contributed by atoms with Crippen LogP contribution in [0.3, 0.4) is 0 Å². The van der Waals surface area contributed by atoms with Crippen LogP contribution in [0.15, 0.2) is 51.3 Å². The molecule has 0 bridgehead atoms. The molecule has 4 heterocycles. The molecule has 1 fully saturated rings. The van der Waals surface area contributed by atoms with E-state index in [-0.39, 0.29) is 17.7 Å². The lowest BCUT2D eigenvalue weighted by molar-refractivity contribution is 0.0715. The van der Waals surface area contributed by atoms with Crippen LogP contribution in [-0.4, -0.2) is 53.3 Å². The number of piperidine rings is 1. The summed E-state index contributed by atoms with van der Waals surface area (Å²) in [6.07, 6.45) is 5.31. The van der Waals surface area contributed by atoms with E-state index >= 15 is 0 Å². The smallest absolute Gasteiger partial charge is 0.263 e. The van der Waals surface area contributed by atoms with Gasteiger partial charge < -0.3 is 14.6 Å². The zero-order valence-corrected chi connectivity index (χ0v) is 21.9. The summed E-state index contributed by atoms with van der Waals surface area (Å²) in [6.45, 7) is 3.89. The number of hydrogen-bond acceptors (Lipinski definition) is 7. The lowest BCUT2D eigenvalue weighted by Crippen LogP contribution is -2.38. The third kappa shape index (κ3) is 6.25. The molecule has 2 amide bonds. The Morgan fingerprint density at radius 3 is 2.74 bits per heavy atom. The third-order valence-electron chi connectivity index (χ3n) is 5.83. The summed E-state index contributed by atoms with van der Waals surface area (Å²) in [7, 11) is 0. The first-order valence-electron chi connectivity index (χ1n) is 11.3. The highest BCUT2D eigenvalue weighted by atomic mass is 32.2. The Labute approximate surface area is 212 Å². The van der Waals surface area contributed by atoms with Crippen molar-refractivity contribution < 1.29 is 14.0 Å². The fraction of sp³-hybridized carbons (Fsp3) is 0.400. The average Bonchev–Trinajstić information content (AvgIpc) is 3.55. The van der Waals surface area contributed by atoms with Crippen molar-refractivity contribution in [1.29, 1.82) is 0 Å². The molecule has 4 rings (SSSR count). The maximum absolute atomic E-state index is 13.0. The van der Waals surface area contributed by atoms with Gasteiger partial charge in [-0.1, -0.05) is 0 Å². The number of carbonyl (C=O) groups excluding carboxylic acids is 2. The molecule has 1 aliphatic rings. The Morgan fingerprint density at radius 2 is 2.03 bits per heavy atom. The van der Waals surface area contributed by atoms with Crippen molar-refractivity contribution in [3.63, 3.8) is 0 Å². The fourth-order valence-corrected chi connectivity index (χ4v) is 6.30. The minimum atomic E-state index is -0.0808. The molecule has 0 saturated carbocycles. The van der Waals surface area contributed by atoms with Gasteiger partial charge in [0.25, 0.3) is 11.8 Å². The molecule has 0 atom stereocenters. The second kappa shape index (κ2) is 12.0. The number of thiophene rings is 1. The molecule has 0 aromatic carbocycles. The molecular formula is C25H29N3O3S3. The number of hydrogen-bond donors (Lipinski definition) is 1. The number of aryl methyl sites for hydroxylation is 1. The van der Waals surface area contributed by atoms with Crippen molar-refractivity contribution in [2.24, 2.45) is 0 Å². The van der Waals surface area contributed by atoms with Gasteiger partial charge in [-0.25, -0.2) is 0 Å². The minimum Gasteiger partial charge on any atom is -0.468 e. The zero-order valence-electron chi connectivity index (χ0n) is 19.4. The molecule has 1 saturated heterocycles. The monoisotopic (exact) mass is 515 g/mol. The molecule has 0 aliphatic carbocycles. The van der Waals surface area contributed by atoms with Crippen molar-refractivity contribution in [2.45, 2.75) is 35.6 Å². The van der Waals surface area contributed by atoms with Gasteiger partial charge in [0.05, 0.1) is 32.4 Å². The van der Waals surface area contributed by atoms with Gasteiger partial charge in [-0.15, -0.1) is 23.1 Å². The van der Waals surface area contributed by atoms with Gasteiger partial charge in [0.15, 0.2) is 0 Å². The van der Waals surface area contributed by atoms with Crippen LogP contribution < -0.4 is 5.32 Å². The molecule has 6 nitrogen and oxygen atoms in total. The van der Waals surface area contributed by atoms with Crippen molar-refractivity contribution in [1.82, 2.24) is 15.2 Å². The summed E-state index contributed by atoms with van der Waals surface area (Å²) in [4.78, 5) is 33.3. The van der Waals surface area contributed by atoms with E-state index < -0.39 is 0 Å². The topological polar surface area (TPSA) is 75.4 Å². The minimum absolute atomic E-state index is 0.0808. The molecule has 3 aromatic rings. The summed E-state index contributed by atoms with van der Waals surface area (Å²) in [6, 6.07) is 11.5. The Balaban J connectivity index is 1.32. The number of furan rings is 1. The standard InChI is InChI=1S/C25H29N3O3S3/c1-17-5-6-20(24(29)26-11-15-33-16-19-4-3-14-31-19)23(27-17)18-9-12-28(13-10-18)25(30)21-7-8-22(32-2)34-21/h3-8,14,18H,9-13,15-16H2,1-2H3,(H,26,29). The van der Waals surface area contributed by atoms with E-state index in [2.05, 4.69) is 5.32 Å². The highest BCUT2D eigenvalue weighted by Gasteiger charge is 2.28. The van der Waals surface area contributed by atoms with Crippen molar-refractivity contribution >= 4 is 46.7 Å². The van der Waals surface area contributed by atoms with Crippen LogP contribution in [0.2, 0.25) is 0 Å². The van der Waals surface area contributed by atoms with E-state index in [1.807, 2.05) is 54.5 Å². The maximum atomic E-state index is 13.0. The van der Waals surface area contributed by atoms with Crippen LogP contribution in [0.4, 0.5) is 0 Å². The predicted molar refractivity (Wildman–Crippen MR) is 140 cm³/mol. The van der Waals surface area contributed by atoms with Gasteiger partial charge >= 0.3 is 0 Å². The van der Waals surface area contributed by atoms with Crippen LogP contribution in [0, 0.1) is 6.92 Å². The van der Waals surface area contributed by atoms with E-state index in [0.717, 1.165) is 50.6 Å².